The number of morpholine rings is 1. The number of carbonyl (C=O) groups is 1. The van der Waals surface area contributed by atoms with Crippen LogP contribution in [0.5, 0.6) is 0 Å². The molecule has 2 heterocycles. The maximum atomic E-state index is 12.0. The van der Waals surface area contributed by atoms with Crippen LogP contribution in [0.2, 0.25) is 0 Å². The molecule has 0 aliphatic carbocycles. The lowest BCUT2D eigenvalue weighted by Gasteiger charge is -2.23. The first-order valence-corrected chi connectivity index (χ1v) is 7.02. The molecule has 0 bridgehead atoms. The van der Waals surface area contributed by atoms with Crippen molar-refractivity contribution in [1.29, 1.82) is 0 Å². The smallest absolute Gasteiger partial charge is 0.227 e. The summed E-state index contributed by atoms with van der Waals surface area (Å²) in [5, 5.41) is 6.13. The van der Waals surface area contributed by atoms with Gasteiger partial charge in [0.25, 0.3) is 0 Å². The van der Waals surface area contributed by atoms with Crippen molar-refractivity contribution >= 4 is 11.6 Å². The fourth-order valence-electron chi connectivity index (χ4n) is 2.33. The number of carbonyl (C=O) groups excluding carboxylic acids is 1. The number of imidazole rings is 1. The molecule has 1 unspecified atom stereocenters. The lowest BCUT2D eigenvalue weighted by molar-refractivity contribution is -0.119. The molecule has 1 aromatic carbocycles. The molecule has 6 heteroatoms. The Morgan fingerprint density at radius 1 is 1.52 bits per heavy atom. The van der Waals surface area contributed by atoms with Gasteiger partial charge >= 0.3 is 0 Å². The van der Waals surface area contributed by atoms with Gasteiger partial charge in [0.2, 0.25) is 5.91 Å². The fourth-order valence-corrected chi connectivity index (χ4v) is 2.33. The van der Waals surface area contributed by atoms with E-state index in [9.17, 15) is 4.79 Å². The Bertz CT molecular complexity index is 591. The van der Waals surface area contributed by atoms with E-state index in [0.717, 1.165) is 24.5 Å². The lowest BCUT2D eigenvalue weighted by atomic mass is 10.2. The summed E-state index contributed by atoms with van der Waals surface area (Å²) in [6, 6.07) is 7.66. The number of rotatable bonds is 4. The molecule has 1 atom stereocenters. The van der Waals surface area contributed by atoms with Crippen molar-refractivity contribution in [3.8, 4) is 5.69 Å². The molecule has 1 aliphatic rings. The number of amides is 1. The molecular weight excluding hydrogens is 268 g/mol. The van der Waals surface area contributed by atoms with E-state index in [4.69, 9.17) is 4.74 Å². The van der Waals surface area contributed by atoms with Gasteiger partial charge in [-0.05, 0) is 18.2 Å². The van der Waals surface area contributed by atoms with E-state index in [1.54, 1.807) is 12.5 Å². The molecule has 6 nitrogen and oxygen atoms in total. The molecule has 0 radical (unpaired) electrons. The summed E-state index contributed by atoms with van der Waals surface area (Å²) < 4.78 is 7.43. The molecule has 1 saturated heterocycles. The topological polar surface area (TPSA) is 68.2 Å². The highest BCUT2D eigenvalue weighted by Crippen LogP contribution is 2.15. The predicted octanol–water partition coefficient (Wildman–Crippen LogP) is 1.19. The van der Waals surface area contributed by atoms with Gasteiger partial charge in [0, 0.05) is 36.9 Å². The van der Waals surface area contributed by atoms with Crippen LogP contribution in [0, 0.1) is 0 Å². The average Bonchev–Trinajstić information content (AvgIpc) is 3.02. The second-order valence-corrected chi connectivity index (χ2v) is 4.97. The first-order chi connectivity index (χ1) is 10.3. The van der Waals surface area contributed by atoms with Crippen LogP contribution in [0.25, 0.3) is 5.69 Å². The standard InChI is InChI=1S/C15H18N4O2/c20-15(9-14-10-16-5-7-21-14)18-12-2-1-3-13(8-12)19-6-4-17-11-19/h1-4,6,8,11,14,16H,5,7,9-10H2,(H,18,20). The zero-order valence-corrected chi connectivity index (χ0v) is 11.7. The molecule has 2 aromatic rings. The van der Waals surface area contributed by atoms with Crippen molar-refractivity contribution in [2.24, 2.45) is 0 Å². The van der Waals surface area contributed by atoms with Gasteiger partial charge < -0.3 is 19.9 Å². The Kier molecular flexibility index (Phi) is 4.28. The van der Waals surface area contributed by atoms with E-state index < -0.39 is 0 Å². The van der Waals surface area contributed by atoms with Gasteiger partial charge in [0.15, 0.2) is 0 Å². The van der Waals surface area contributed by atoms with Gasteiger partial charge in [0.1, 0.15) is 0 Å². The van der Waals surface area contributed by atoms with Gasteiger partial charge in [-0.2, -0.15) is 0 Å². The third-order valence-corrected chi connectivity index (χ3v) is 3.35. The minimum atomic E-state index is -0.0458. The summed E-state index contributed by atoms with van der Waals surface area (Å²) in [6.45, 7) is 2.24. The monoisotopic (exact) mass is 286 g/mol. The molecule has 21 heavy (non-hydrogen) atoms. The molecule has 3 rings (SSSR count). The zero-order valence-electron chi connectivity index (χ0n) is 11.7. The van der Waals surface area contributed by atoms with E-state index in [-0.39, 0.29) is 12.0 Å². The highest BCUT2D eigenvalue weighted by molar-refractivity contribution is 5.91. The Morgan fingerprint density at radius 3 is 3.24 bits per heavy atom. The Balaban J connectivity index is 1.62. The minimum absolute atomic E-state index is 0.0357. The van der Waals surface area contributed by atoms with Gasteiger partial charge in [-0.3, -0.25) is 4.79 Å². The zero-order chi connectivity index (χ0) is 14.5. The summed E-state index contributed by atoms with van der Waals surface area (Å²) in [6.07, 6.45) is 5.63. The molecular formula is C15H18N4O2. The van der Waals surface area contributed by atoms with E-state index in [0.29, 0.717) is 13.0 Å². The van der Waals surface area contributed by atoms with Crippen LogP contribution >= 0.6 is 0 Å². The predicted molar refractivity (Wildman–Crippen MR) is 79.4 cm³/mol. The van der Waals surface area contributed by atoms with Gasteiger partial charge in [-0.1, -0.05) is 6.07 Å². The third-order valence-electron chi connectivity index (χ3n) is 3.35. The number of ether oxygens (including phenoxy) is 1. The lowest BCUT2D eigenvalue weighted by Crippen LogP contribution is -2.40. The summed E-state index contributed by atoms with van der Waals surface area (Å²) in [5.41, 5.74) is 1.73. The number of nitrogens with one attached hydrogen (secondary N) is 2. The van der Waals surface area contributed by atoms with E-state index in [1.165, 1.54) is 0 Å². The molecule has 1 aliphatic heterocycles. The summed E-state index contributed by atoms with van der Waals surface area (Å²) in [4.78, 5) is 16.1. The van der Waals surface area contributed by atoms with Crippen molar-refractivity contribution in [1.82, 2.24) is 14.9 Å². The fraction of sp³-hybridized carbons (Fsp3) is 0.333. The minimum Gasteiger partial charge on any atom is -0.375 e. The molecule has 1 amide bonds. The number of nitrogens with zero attached hydrogens (tertiary/aromatic N) is 2. The highest BCUT2D eigenvalue weighted by Gasteiger charge is 2.17. The molecule has 110 valence electrons. The molecule has 0 spiro atoms. The number of anilines is 1. The van der Waals surface area contributed by atoms with E-state index in [2.05, 4.69) is 15.6 Å². The van der Waals surface area contributed by atoms with Crippen LogP contribution in [0.1, 0.15) is 6.42 Å². The number of hydrogen-bond donors (Lipinski definition) is 2. The average molecular weight is 286 g/mol. The van der Waals surface area contributed by atoms with Crippen LogP contribution in [0.3, 0.4) is 0 Å². The first-order valence-electron chi connectivity index (χ1n) is 7.02. The molecule has 2 N–H and O–H groups in total. The van der Waals surface area contributed by atoms with E-state index >= 15 is 0 Å². The Hall–Kier alpha value is -2.18. The maximum Gasteiger partial charge on any atom is 0.227 e. The largest absolute Gasteiger partial charge is 0.375 e. The third kappa shape index (κ3) is 3.68. The van der Waals surface area contributed by atoms with Crippen molar-refractivity contribution in [2.45, 2.75) is 12.5 Å². The van der Waals surface area contributed by atoms with Crippen LogP contribution in [0.4, 0.5) is 5.69 Å². The van der Waals surface area contributed by atoms with Gasteiger partial charge in [-0.15, -0.1) is 0 Å². The van der Waals surface area contributed by atoms with Gasteiger partial charge in [-0.25, -0.2) is 4.98 Å². The summed E-state index contributed by atoms with van der Waals surface area (Å²) >= 11 is 0. The normalized spacial score (nSPS) is 18.4. The van der Waals surface area contributed by atoms with Gasteiger partial charge in [0.05, 0.1) is 25.5 Å². The quantitative estimate of drug-likeness (QED) is 0.886. The molecule has 1 fully saturated rings. The molecule has 1 aromatic heterocycles. The Labute approximate surface area is 123 Å². The number of benzene rings is 1. The summed E-state index contributed by atoms with van der Waals surface area (Å²) in [5.74, 6) is -0.0357. The first kappa shape index (κ1) is 13.8. The van der Waals surface area contributed by atoms with Crippen LogP contribution in [-0.4, -0.2) is 41.3 Å². The summed E-state index contributed by atoms with van der Waals surface area (Å²) in [7, 11) is 0. The number of aromatic nitrogens is 2. The van der Waals surface area contributed by atoms with Crippen molar-refractivity contribution in [3.05, 3.63) is 43.0 Å². The number of hydrogen-bond acceptors (Lipinski definition) is 4. The van der Waals surface area contributed by atoms with Crippen LogP contribution in [0.15, 0.2) is 43.0 Å². The Morgan fingerprint density at radius 2 is 2.48 bits per heavy atom. The second kappa shape index (κ2) is 6.51. The SMILES string of the molecule is O=C(CC1CNCCO1)Nc1cccc(-n2ccnc2)c1. The van der Waals surface area contributed by atoms with E-state index in [1.807, 2.05) is 35.0 Å². The van der Waals surface area contributed by atoms with Crippen LogP contribution in [-0.2, 0) is 9.53 Å². The van der Waals surface area contributed by atoms with Crippen molar-refractivity contribution in [3.63, 3.8) is 0 Å². The van der Waals surface area contributed by atoms with Crippen molar-refractivity contribution in [2.75, 3.05) is 25.0 Å². The highest BCUT2D eigenvalue weighted by atomic mass is 16.5. The van der Waals surface area contributed by atoms with Crippen LogP contribution < -0.4 is 10.6 Å². The molecule has 0 saturated carbocycles. The second-order valence-electron chi connectivity index (χ2n) is 4.97. The van der Waals surface area contributed by atoms with Crippen molar-refractivity contribution < 1.29 is 9.53 Å². The maximum absolute atomic E-state index is 12.0.